The van der Waals surface area contributed by atoms with Crippen molar-refractivity contribution in [3.05, 3.63) is 113 Å². The minimum atomic E-state index is -0.416. The van der Waals surface area contributed by atoms with Crippen LogP contribution < -0.4 is 10.2 Å². The second kappa shape index (κ2) is 8.24. The number of aromatic nitrogens is 1. The molecule has 158 valence electrons. The highest BCUT2D eigenvalue weighted by Crippen LogP contribution is 2.42. The Labute approximate surface area is 189 Å². The molecule has 2 atom stereocenters. The van der Waals surface area contributed by atoms with Crippen molar-refractivity contribution in [2.24, 2.45) is 0 Å². The lowest BCUT2D eigenvalue weighted by Crippen LogP contribution is -2.29. The summed E-state index contributed by atoms with van der Waals surface area (Å²) >= 11 is 5.69. The number of rotatable bonds is 5. The fourth-order valence-electron chi connectivity index (χ4n) is 3.95. The van der Waals surface area contributed by atoms with Gasteiger partial charge in [-0.1, -0.05) is 36.4 Å². The fraction of sp³-hybridized carbons (Fsp3) is 0.0833. The van der Waals surface area contributed by atoms with Crippen molar-refractivity contribution in [3.63, 3.8) is 0 Å². The van der Waals surface area contributed by atoms with Gasteiger partial charge < -0.3 is 14.6 Å². The van der Waals surface area contributed by atoms with Gasteiger partial charge in [0.05, 0.1) is 16.7 Å². The topological polar surface area (TPSA) is 84.4 Å². The molecular formula is C24H18N4O3S. The van der Waals surface area contributed by atoms with E-state index < -0.39 is 4.92 Å². The van der Waals surface area contributed by atoms with Crippen molar-refractivity contribution < 1.29 is 9.34 Å². The van der Waals surface area contributed by atoms with E-state index in [0.29, 0.717) is 22.2 Å². The Balaban J connectivity index is 1.58. The Morgan fingerprint density at radius 1 is 1.00 bits per heavy atom. The van der Waals surface area contributed by atoms with Gasteiger partial charge in [0, 0.05) is 29.6 Å². The third-order valence-electron chi connectivity index (χ3n) is 5.39. The van der Waals surface area contributed by atoms with Crippen LogP contribution in [0.4, 0.5) is 11.4 Å². The first kappa shape index (κ1) is 19.9. The number of pyridine rings is 1. The summed E-state index contributed by atoms with van der Waals surface area (Å²) in [7, 11) is 0. The van der Waals surface area contributed by atoms with Crippen LogP contribution in [0.25, 0.3) is 11.3 Å². The molecule has 0 bridgehead atoms. The summed E-state index contributed by atoms with van der Waals surface area (Å²) in [6.07, 6.45) is 1.75. The molecule has 3 heterocycles. The first-order chi connectivity index (χ1) is 15.6. The SMILES string of the molecule is O=[N+]([O-])c1cccc(-c2ccc([C@@H]3[C@H](c4ccccn4)NC(=S)N3c3ccccc3)o2)c1. The summed E-state index contributed by atoms with van der Waals surface area (Å²) in [6.45, 7) is 0. The van der Waals surface area contributed by atoms with Gasteiger partial charge >= 0.3 is 0 Å². The zero-order valence-electron chi connectivity index (χ0n) is 16.8. The van der Waals surface area contributed by atoms with Crippen LogP contribution in [0.15, 0.2) is 95.5 Å². The van der Waals surface area contributed by atoms with Crippen LogP contribution in [0.2, 0.25) is 0 Å². The van der Waals surface area contributed by atoms with E-state index in [4.69, 9.17) is 16.6 Å². The van der Waals surface area contributed by atoms with E-state index in [0.717, 1.165) is 11.4 Å². The molecule has 1 fully saturated rings. The van der Waals surface area contributed by atoms with Gasteiger partial charge in [0.15, 0.2) is 5.11 Å². The Morgan fingerprint density at radius 3 is 2.56 bits per heavy atom. The molecule has 1 aliphatic rings. The highest BCUT2D eigenvalue weighted by molar-refractivity contribution is 7.80. The highest BCUT2D eigenvalue weighted by Gasteiger charge is 2.42. The maximum Gasteiger partial charge on any atom is 0.270 e. The summed E-state index contributed by atoms with van der Waals surface area (Å²) < 4.78 is 6.25. The number of anilines is 1. The standard InChI is InChI=1S/C24H18N4O3S/c29-28(30)18-10-6-7-16(15-18)20-12-13-21(31-20)23-22(19-11-4-5-14-25-19)26-24(32)27(23)17-8-2-1-3-9-17/h1-15,22-23H,(H,26,32)/t22-,23+/m0/s1. The maximum atomic E-state index is 11.2. The molecule has 0 aliphatic carbocycles. The molecule has 1 saturated heterocycles. The van der Waals surface area contributed by atoms with Crippen LogP contribution in [0.1, 0.15) is 23.5 Å². The second-order valence-electron chi connectivity index (χ2n) is 7.34. The molecule has 0 amide bonds. The molecule has 2 aromatic carbocycles. The molecule has 0 radical (unpaired) electrons. The summed E-state index contributed by atoms with van der Waals surface area (Å²) in [5, 5.41) is 15.1. The number of nitro groups is 1. The predicted octanol–water partition coefficient (Wildman–Crippen LogP) is 5.43. The number of nitrogens with one attached hydrogen (secondary N) is 1. The molecule has 1 N–H and O–H groups in total. The number of non-ortho nitro benzene ring substituents is 1. The molecule has 7 nitrogen and oxygen atoms in total. The minimum absolute atomic E-state index is 0.0152. The molecule has 32 heavy (non-hydrogen) atoms. The first-order valence-electron chi connectivity index (χ1n) is 10.0. The Hall–Kier alpha value is -4.04. The van der Waals surface area contributed by atoms with Gasteiger partial charge in [-0.3, -0.25) is 15.1 Å². The third kappa shape index (κ3) is 3.61. The monoisotopic (exact) mass is 442 g/mol. The number of hydrogen-bond acceptors (Lipinski definition) is 5. The van der Waals surface area contributed by atoms with E-state index >= 15 is 0 Å². The molecular weight excluding hydrogens is 424 g/mol. The lowest BCUT2D eigenvalue weighted by Gasteiger charge is -2.26. The summed E-state index contributed by atoms with van der Waals surface area (Å²) in [5.41, 5.74) is 2.43. The van der Waals surface area contributed by atoms with Crippen molar-refractivity contribution in [3.8, 4) is 11.3 Å². The molecule has 0 spiro atoms. The van der Waals surface area contributed by atoms with Gasteiger partial charge in [-0.05, 0) is 48.6 Å². The summed E-state index contributed by atoms with van der Waals surface area (Å²) in [5.74, 6) is 1.23. The highest BCUT2D eigenvalue weighted by atomic mass is 32.1. The molecule has 1 aliphatic heterocycles. The van der Waals surface area contributed by atoms with Crippen molar-refractivity contribution in [2.45, 2.75) is 12.1 Å². The van der Waals surface area contributed by atoms with Crippen LogP contribution in [0, 0.1) is 10.1 Å². The number of nitrogens with zero attached hydrogens (tertiary/aromatic N) is 3. The van der Waals surface area contributed by atoms with E-state index in [2.05, 4.69) is 10.3 Å². The zero-order chi connectivity index (χ0) is 22.1. The molecule has 8 heteroatoms. The maximum absolute atomic E-state index is 11.2. The van der Waals surface area contributed by atoms with Gasteiger partial charge in [-0.2, -0.15) is 0 Å². The lowest BCUT2D eigenvalue weighted by molar-refractivity contribution is -0.384. The molecule has 5 rings (SSSR count). The van der Waals surface area contributed by atoms with Gasteiger partial charge in [0.2, 0.25) is 0 Å². The Bertz CT molecular complexity index is 1280. The van der Waals surface area contributed by atoms with Gasteiger partial charge in [-0.15, -0.1) is 0 Å². The largest absolute Gasteiger partial charge is 0.459 e. The van der Waals surface area contributed by atoms with Crippen molar-refractivity contribution in [1.29, 1.82) is 0 Å². The minimum Gasteiger partial charge on any atom is -0.459 e. The van der Waals surface area contributed by atoms with E-state index in [1.165, 1.54) is 12.1 Å². The average molecular weight is 443 g/mol. The molecule has 2 aromatic heterocycles. The predicted molar refractivity (Wildman–Crippen MR) is 125 cm³/mol. The van der Waals surface area contributed by atoms with Crippen molar-refractivity contribution in [2.75, 3.05) is 4.90 Å². The zero-order valence-corrected chi connectivity index (χ0v) is 17.6. The summed E-state index contributed by atoms with van der Waals surface area (Å²) in [6, 6.07) is 25.2. The molecule has 0 saturated carbocycles. The van der Waals surface area contributed by atoms with Crippen LogP contribution in [-0.2, 0) is 0 Å². The van der Waals surface area contributed by atoms with Crippen molar-refractivity contribution >= 4 is 28.7 Å². The van der Waals surface area contributed by atoms with Gasteiger partial charge in [0.25, 0.3) is 5.69 Å². The van der Waals surface area contributed by atoms with E-state index in [1.807, 2.05) is 65.6 Å². The van der Waals surface area contributed by atoms with Gasteiger partial charge in [-0.25, -0.2) is 0 Å². The van der Waals surface area contributed by atoms with Crippen LogP contribution in [0.3, 0.4) is 0 Å². The Morgan fingerprint density at radius 2 is 1.81 bits per heavy atom. The van der Waals surface area contributed by atoms with E-state index in [1.54, 1.807) is 18.3 Å². The van der Waals surface area contributed by atoms with Crippen LogP contribution >= 0.6 is 12.2 Å². The first-order valence-corrected chi connectivity index (χ1v) is 10.4. The smallest absolute Gasteiger partial charge is 0.270 e. The fourth-order valence-corrected chi connectivity index (χ4v) is 4.30. The number of furan rings is 1. The number of benzene rings is 2. The summed E-state index contributed by atoms with van der Waals surface area (Å²) in [4.78, 5) is 17.3. The van der Waals surface area contributed by atoms with E-state index in [9.17, 15) is 10.1 Å². The van der Waals surface area contributed by atoms with E-state index in [-0.39, 0.29) is 17.8 Å². The molecule has 0 unspecified atom stereocenters. The average Bonchev–Trinajstić information content (AvgIpc) is 3.45. The number of para-hydroxylation sites is 1. The second-order valence-corrected chi connectivity index (χ2v) is 7.73. The van der Waals surface area contributed by atoms with Gasteiger partial charge in [0.1, 0.15) is 17.6 Å². The normalized spacial score (nSPS) is 17.9. The quantitative estimate of drug-likeness (QED) is 0.251. The third-order valence-corrected chi connectivity index (χ3v) is 5.71. The lowest BCUT2D eigenvalue weighted by atomic mass is 10.0. The molecule has 4 aromatic rings. The van der Waals surface area contributed by atoms with Crippen molar-refractivity contribution in [1.82, 2.24) is 10.3 Å². The Kier molecular flexibility index (Phi) is 5.12. The van der Waals surface area contributed by atoms with Crippen LogP contribution in [-0.4, -0.2) is 15.0 Å². The van der Waals surface area contributed by atoms with Crippen LogP contribution in [0.5, 0.6) is 0 Å². The number of thiocarbonyl (C=S) groups is 1. The number of nitro benzene ring substituents is 1. The number of hydrogen-bond donors (Lipinski definition) is 1.